The van der Waals surface area contributed by atoms with E-state index in [2.05, 4.69) is 22.5 Å². The first kappa shape index (κ1) is 20.5. The Morgan fingerprint density at radius 1 is 1.32 bits per heavy atom. The molecule has 1 fully saturated rings. The van der Waals surface area contributed by atoms with Crippen molar-refractivity contribution in [2.45, 2.75) is 6.92 Å². The quantitative estimate of drug-likeness (QED) is 0.192. The van der Waals surface area contributed by atoms with Crippen molar-refractivity contribution in [1.29, 1.82) is 0 Å². The summed E-state index contributed by atoms with van der Waals surface area (Å²) in [4.78, 5) is 26.8. The molecular formula is C21H16BrNO3S2. The zero-order chi connectivity index (χ0) is 20.3. The molecule has 7 heteroatoms. The Morgan fingerprint density at radius 3 is 2.79 bits per heavy atom. The summed E-state index contributed by atoms with van der Waals surface area (Å²) >= 11 is 9.92. The molecule has 0 radical (unpaired) electrons. The lowest BCUT2D eigenvalue weighted by atomic mass is 10.1. The fraction of sp³-hybridized carbons (Fsp3) is 0.0952. The third-order valence-electron chi connectivity index (χ3n) is 3.90. The minimum atomic E-state index is -0.428. The average Bonchev–Trinajstić information content (AvgIpc) is 2.91. The lowest BCUT2D eigenvalue weighted by Crippen LogP contribution is -2.27. The van der Waals surface area contributed by atoms with Gasteiger partial charge in [-0.25, -0.2) is 4.79 Å². The average molecular weight is 474 g/mol. The summed E-state index contributed by atoms with van der Waals surface area (Å²) in [6.45, 7) is 5.95. The van der Waals surface area contributed by atoms with Crippen LogP contribution < -0.4 is 4.74 Å². The summed E-state index contributed by atoms with van der Waals surface area (Å²) in [5, 5.41) is 0. The van der Waals surface area contributed by atoms with Gasteiger partial charge >= 0.3 is 5.97 Å². The molecule has 0 atom stereocenters. The van der Waals surface area contributed by atoms with Gasteiger partial charge in [0.2, 0.25) is 0 Å². The molecule has 1 aliphatic heterocycles. The van der Waals surface area contributed by atoms with E-state index in [-0.39, 0.29) is 5.91 Å². The van der Waals surface area contributed by atoms with Crippen LogP contribution in [0.25, 0.3) is 6.08 Å². The van der Waals surface area contributed by atoms with Crippen LogP contribution in [0.15, 0.2) is 64.5 Å². The van der Waals surface area contributed by atoms with Gasteiger partial charge in [0.1, 0.15) is 10.1 Å². The summed E-state index contributed by atoms with van der Waals surface area (Å²) in [6.07, 6.45) is 3.40. The number of thiocarbonyl (C=S) groups is 1. The van der Waals surface area contributed by atoms with Gasteiger partial charge in [-0.2, -0.15) is 0 Å². The molecule has 2 aromatic carbocycles. The maximum Gasteiger partial charge on any atom is 0.343 e. The van der Waals surface area contributed by atoms with Crippen LogP contribution in [0.5, 0.6) is 5.75 Å². The number of hydrogen-bond acceptors (Lipinski definition) is 5. The Balaban J connectivity index is 1.77. The van der Waals surface area contributed by atoms with Gasteiger partial charge in [0.05, 0.1) is 14.9 Å². The smallest absolute Gasteiger partial charge is 0.343 e. The number of nitrogens with zero attached hydrogens (tertiary/aromatic N) is 1. The fourth-order valence-corrected chi connectivity index (χ4v) is 4.31. The molecule has 4 nitrogen and oxygen atoms in total. The fourth-order valence-electron chi connectivity index (χ4n) is 2.56. The maximum atomic E-state index is 12.4. The van der Waals surface area contributed by atoms with E-state index in [0.717, 1.165) is 11.1 Å². The SMILES string of the molecule is C=CCN1C(=O)/C(=C/c2ccc(OC(=O)c3cccc(C)c3)c(Br)c2)SC1=S. The van der Waals surface area contributed by atoms with Crippen LogP contribution in [0.4, 0.5) is 0 Å². The van der Waals surface area contributed by atoms with Crippen LogP contribution in [0, 0.1) is 6.92 Å². The molecule has 0 saturated carbocycles. The van der Waals surface area contributed by atoms with Crippen molar-refractivity contribution in [3.63, 3.8) is 0 Å². The molecular weight excluding hydrogens is 458 g/mol. The minimum absolute atomic E-state index is 0.138. The van der Waals surface area contributed by atoms with E-state index < -0.39 is 5.97 Å². The number of thioether (sulfide) groups is 1. The van der Waals surface area contributed by atoms with Gasteiger partial charge in [-0.3, -0.25) is 9.69 Å². The van der Waals surface area contributed by atoms with Crippen LogP contribution in [-0.2, 0) is 4.79 Å². The van der Waals surface area contributed by atoms with Gasteiger partial charge in [0, 0.05) is 6.54 Å². The molecule has 0 bridgehead atoms. The number of ether oxygens (including phenoxy) is 1. The molecule has 1 amide bonds. The highest BCUT2D eigenvalue weighted by Gasteiger charge is 2.30. The Hall–Kier alpha value is -2.22. The van der Waals surface area contributed by atoms with Crippen molar-refractivity contribution < 1.29 is 14.3 Å². The number of benzene rings is 2. The number of rotatable bonds is 5. The maximum absolute atomic E-state index is 12.4. The van der Waals surface area contributed by atoms with E-state index in [1.807, 2.05) is 19.1 Å². The van der Waals surface area contributed by atoms with E-state index in [1.165, 1.54) is 16.7 Å². The summed E-state index contributed by atoms with van der Waals surface area (Å²) in [7, 11) is 0. The van der Waals surface area contributed by atoms with E-state index in [9.17, 15) is 9.59 Å². The molecule has 1 saturated heterocycles. The normalized spacial score (nSPS) is 15.2. The lowest BCUT2D eigenvalue weighted by Gasteiger charge is -2.10. The van der Waals surface area contributed by atoms with Crippen LogP contribution in [0.2, 0.25) is 0 Å². The second kappa shape index (κ2) is 8.86. The molecule has 0 spiro atoms. The first-order valence-corrected chi connectivity index (χ1v) is 10.4. The van der Waals surface area contributed by atoms with E-state index in [0.29, 0.717) is 31.6 Å². The van der Waals surface area contributed by atoms with E-state index in [4.69, 9.17) is 17.0 Å². The van der Waals surface area contributed by atoms with Gasteiger partial charge in [-0.1, -0.05) is 53.8 Å². The lowest BCUT2D eigenvalue weighted by molar-refractivity contribution is -0.121. The summed E-state index contributed by atoms with van der Waals surface area (Å²) < 4.78 is 6.61. The van der Waals surface area contributed by atoms with Crippen molar-refractivity contribution in [2.24, 2.45) is 0 Å². The largest absolute Gasteiger partial charge is 0.422 e. The van der Waals surface area contributed by atoms with Crippen molar-refractivity contribution in [2.75, 3.05) is 6.54 Å². The third-order valence-corrected chi connectivity index (χ3v) is 5.89. The van der Waals surface area contributed by atoms with Gasteiger partial charge < -0.3 is 4.74 Å². The molecule has 0 unspecified atom stereocenters. The molecule has 28 heavy (non-hydrogen) atoms. The molecule has 1 aliphatic rings. The minimum Gasteiger partial charge on any atom is -0.422 e. The Kier molecular flexibility index (Phi) is 6.49. The third kappa shape index (κ3) is 4.60. The van der Waals surface area contributed by atoms with Crippen LogP contribution >= 0.6 is 39.9 Å². The van der Waals surface area contributed by atoms with Crippen LogP contribution in [0.3, 0.4) is 0 Å². The molecule has 142 valence electrons. The van der Waals surface area contributed by atoms with Crippen LogP contribution in [-0.4, -0.2) is 27.6 Å². The first-order valence-electron chi connectivity index (χ1n) is 8.33. The molecule has 0 aliphatic carbocycles. The number of amides is 1. The predicted octanol–water partition coefficient (Wildman–Crippen LogP) is 5.36. The van der Waals surface area contributed by atoms with Gasteiger partial charge in [0.25, 0.3) is 5.91 Å². The van der Waals surface area contributed by atoms with Gasteiger partial charge in [-0.05, 0) is 58.8 Å². The first-order chi connectivity index (χ1) is 13.4. The number of carbonyl (C=O) groups is 2. The zero-order valence-electron chi connectivity index (χ0n) is 15.0. The highest BCUT2D eigenvalue weighted by atomic mass is 79.9. The second-order valence-corrected chi connectivity index (χ2v) is 8.56. The Morgan fingerprint density at radius 2 is 2.11 bits per heavy atom. The molecule has 1 heterocycles. The summed E-state index contributed by atoms with van der Waals surface area (Å²) in [5.74, 6) is -0.161. The molecule has 0 N–H and O–H groups in total. The number of halogens is 1. The molecule has 0 aromatic heterocycles. The Labute approximate surface area is 181 Å². The van der Waals surface area contributed by atoms with Crippen molar-refractivity contribution in [3.05, 3.63) is 81.2 Å². The van der Waals surface area contributed by atoms with Crippen molar-refractivity contribution in [1.82, 2.24) is 4.90 Å². The van der Waals surface area contributed by atoms with Gasteiger partial charge in [-0.15, -0.1) is 6.58 Å². The topological polar surface area (TPSA) is 46.6 Å². The van der Waals surface area contributed by atoms with E-state index in [1.54, 1.807) is 42.5 Å². The Bertz CT molecular complexity index is 1020. The molecule has 2 aromatic rings. The van der Waals surface area contributed by atoms with Gasteiger partial charge in [0.15, 0.2) is 0 Å². The van der Waals surface area contributed by atoms with E-state index >= 15 is 0 Å². The number of aryl methyl sites for hydroxylation is 1. The second-order valence-electron chi connectivity index (χ2n) is 6.03. The highest BCUT2D eigenvalue weighted by molar-refractivity contribution is 9.10. The zero-order valence-corrected chi connectivity index (χ0v) is 18.2. The number of esters is 1. The standard InChI is InChI=1S/C21H16BrNO3S2/c1-3-9-23-19(24)18(28-21(23)27)12-14-7-8-17(16(22)11-14)26-20(25)15-6-4-5-13(2)10-15/h3-8,10-12H,1,9H2,2H3/b18-12-. The number of carbonyl (C=O) groups excluding carboxylic acids is 2. The predicted molar refractivity (Wildman–Crippen MR) is 120 cm³/mol. The summed E-state index contributed by atoms with van der Waals surface area (Å²) in [5.41, 5.74) is 2.26. The van der Waals surface area contributed by atoms with Crippen molar-refractivity contribution in [3.8, 4) is 5.75 Å². The van der Waals surface area contributed by atoms with Crippen molar-refractivity contribution >= 4 is 62.2 Å². The molecule has 3 rings (SSSR count). The summed E-state index contributed by atoms with van der Waals surface area (Å²) in [6, 6.07) is 12.5. The van der Waals surface area contributed by atoms with Crippen LogP contribution in [0.1, 0.15) is 21.5 Å². The highest BCUT2D eigenvalue weighted by Crippen LogP contribution is 2.34. The monoisotopic (exact) mass is 473 g/mol. The number of hydrogen-bond donors (Lipinski definition) is 0.